The molecule has 1 unspecified atom stereocenters. The molecule has 0 bridgehead atoms. The van der Waals surface area contributed by atoms with E-state index < -0.39 is 61.1 Å². The van der Waals surface area contributed by atoms with Gasteiger partial charge in [-0.3, -0.25) is 4.79 Å². The van der Waals surface area contributed by atoms with Crippen LogP contribution in [0.15, 0.2) is 0 Å². The van der Waals surface area contributed by atoms with Crippen molar-refractivity contribution in [2.75, 3.05) is 13.7 Å². The number of carboxylic acids is 1. The molecule has 0 aromatic heterocycles. The average Bonchev–Trinajstić information content (AvgIpc) is 2.46. The van der Waals surface area contributed by atoms with Crippen LogP contribution in [0.2, 0.25) is 0 Å². The van der Waals surface area contributed by atoms with E-state index in [2.05, 4.69) is 5.32 Å². The molecule has 0 aliphatic carbocycles. The standard InChI is InChI=1S/C12H21NO9.Na/c1-5(15)13-8-6(16)3-12(21-2,11(19)20)22-10(8)9(18)7(17)4-14;/h6-10,14,16-18H,3-4H2,1-2H3,(H,13,15)(H,19,20);/q;+1/p-1/t6-,7+,8+,9+,10+,12?;/m0./s1. The molecule has 0 aromatic carbocycles. The smallest absolute Gasteiger partial charge is 0.544 e. The SMILES string of the molecule is COC1(C(=O)[O-])C[C@H](O)[C@@H](NC(C)=O)[C@H]([C@H](O)[C@H](O)CO)O1.[Na+]. The summed E-state index contributed by atoms with van der Waals surface area (Å²) >= 11 is 0. The Balaban J connectivity index is 0.00000484. The summed E-state index contributed by atoms with van der Waals surface area (Å²) in [4.78, 5) is 22.4. The van der Waals surface area contributed by atoms with Gasteiger partial charge in [-0.2, -0.15) is 0 Å². The zero-order chi connectivity index (χ0) is 17.1. The second-order valence-electron chi connectivity index (χ2n) is 5.07. The van der Waals surface area contributed by atoms with Crippen LogP contribution in [-0.2, 0) is 19.1 Å². The summed E-state index contributed by atoms with van der Waals surface area (Å²) in [5.74, 6) is -4.71. The predicted molar refractivity (Wildman–Crippen MR) is 66.9 cm³/mol. The Morgan fingerprint density at radius 3 is 2.43 bits per heavy atom. The van der Waals surface area contributed by atoms with Gasteiger partial charge in [0.1, 0.15) is 24.3 Å². The molecule has 23 heavy (non-hydrogen) atoms. The second kappa shape index (κ2) is 9.25. The van der Waals surface area contributed by atoms with Gasteiger partial charge in [0.15, 0.2) is 0 Å². The minimum atomic E-state index is -2.35. The Labute approximate surface area is 154 Å². The van der Waals surface area contributed by atoms with Gasteiger partial charge >= 0.3 is 29.6 Å². The van der Waals surface area contributed by atoms with Crippen LogP contribution < -0.4 is 40.0 Å². The average molecular weight is 345 g/mol. The molecule has 1 aliphatic rings. The van der Waals surface area contributed by atoms with Gasteiger partial charge in [-0.15, -0.1) is 0 Å². The first-order valence-electron chi connectivity index (χ1n) is 6.55. The minimum absolute atomic E-state index is 0. The number of hydrogen-bond donors (Lipinski definition) is 5. The van der Waals surface area contributed by atoms with Crippen molar-refractivity contribution in [1.29, 1.82) is 0 Å². The number of carboxylic acid groups (broad SMARTS) is 1. The van der Waals surface area contributed by atoms with Crippen molar-refractivity contribution in [2.45, 2.75) is 49.6 Å². The first kappa shape index (κ1) is 22.7. The number of amides is 1. The van der Waals surface area contributed by atoms with E-state index in [4.69, 9.17) is 14.6 Å². The van der Waals surface area contributed by atoms with Crippen LogP contribution >= 0.6 is 0 Å². The van der Waals surface area contributed by atoms with Gasteiger partial charge in [-0.25, -0.2) is 0 Å². The number of carbonyl (C=O) groups is 2. The van der Waals surface area contributed by atoms with Crippen LogP contribution in [0.3, 0.4) is 0 Å². The number of aliphatic hydroxyl groups is 4. The summed E-state index contributed by atoms with van der Waals surface area (Å²) < 4.78 is 9.92. The molecule has 128 valence electrons. The van der Waals surface area contributed by atoms with Crippen LogP contribution in [0.25, 0.3) is 0 Å². The van der Waals surface area contributed by atoms with Gasteiger partial charge in [0.05, 0.1) is 18.8 Å². The Hall–Kier alpha value is -0.300. The molecule has 1 heterocycles. The number of ether oxygens (including phenoxy) is 2. The molecule has 0 saturated carbocycles. The van der Waals surface area contributed by atoms with Crippen molar-refractivity contribution in [3.63, 3.8) is 0 Å². The number of nitrogens with one attached hydrogen (secondary N) is 1. The van der Waals surface area contributed by atoms with Gasteiger partial charge in [0.25, 0.3) is 0 Å². The van der Waals surface area contributed by atoms with Crippen molar-refractivity contribution in [3.05, 3.63) is 0 Å². The first-order chi connectivity index (χ1) is 10.2. The fourth-order valence-electron chi connectivity index (χ4n) is 2.33. The van der Waals surface area contributed by atoms with Crippen molar-refractivity contribution in [2.24, 2.45) is 0 Å². The van der Waals surface area contributed by atoms with Crippen LogP contribution in [-0.4, -0.2) is 82.3 Å². The number of aliphatic carboxylic acids is 1. The van der Waals surface area contributed by atoms with Crippen LogP contribution in [0.4, 0.5) is 0 Å². The quantitative estimate of drug-likeness (QED) is 0.294. The van der Waals surface area contributed by atoms with E-state index in [0.717, 1.165) is 14.0 Å². The molecule has 0 radical (unpaired) electrons. The van der Waals surface area contributed by atoms with E-state index in [9.17, 15) is 30.0 Å². The van der Waals surface area contributed by atoms with Crippen LogP contribution in [0, 0.1) is 0 Å². The maximum Gasteiger partial charge on any atom is 1.00 e. The second-order valence-corrected chi connectivity index (χ2v) is 5.07. The molecule has 0 spiro atoms. The molecule has 1 amide bonds. The molecule has 1 fully saturated rings. The molecule has 6 atom stereocenters. The van der Waals surface area contributed by atoms with Crippen LogP contribution in [0.5, 0.6) is 0 Å². The number of hydrogen-bond acceptors (Lipinski definition) is 9. The summed E-state index contributed by atoms with van der Waals surface area (Å²) in [6.45, 7) is 0.310. The number of methoxy groups -OCH3 is 1. The molecular weight excluding hydrogens is 325 g/mol. The van der Waals surface area contributed by atoms with E-state index in [1.807, 2.05) is 0 Å². The summed E-state index contributed by atoms with van der Waals surface area (Å²) in [5.41, 5.74) is 0. The normalized spacial score (nSPS) is 33.2. The third-order valence-corrected chi connectivity index (χ3v) is 3.50. The monoisotopic (exact) mass is 345 g/mol. The Morgan fingerprint density at radius 1 is 1.48 bits per heavy atom. The van der Waals surface area contributed by atoms with Gasteiger partial charge in [0, 0.05) is 20.5 Å². The van der Waals surface area contributed by atoms with E-state index in [0.29, 0.717) is 0 Å². The number of rotatable bonds is 6. The number of aliphatic hydroxyl groups excluding tert-OH is 4. The summed E-state index contributed by atoms with van der Waals surface area (Å²) in [5, 5.41) is 52.0. The molecule has 11 heteroatoms. The van der Waals surface area contributed by atoms with Crippen molar-refractivity contribution in [1.82, 2.24) is 5.32 Å². The zero-order valence-electron chi connectivity index (χ0n) is 13.1. The van der Waals surface area contributed by atoms with Gasteiger partial charge in [0.2, 0.25) is 11.7 Å². The predicted octanol–water partition coefficient (Wildman–Crippen LogP) is -7.55. The van der Waals surface area contributed by atoms with Gasteiger partial charge < -0.3 is 45.1 Å². The fraction of sp³-hybridized carbons (Fsp3) is 0.833. The Kier molecular flexibility index (Phi) is 9.13. The maximum absolute atomic E-state index is 11.2. The topological polar surface area (TPSA) is 169 Å². The first-order valence-corrected chi connectivity index (χ1v) is 6.55. The largest absolute Gasteiger partial charge is 1.00 e. The fourth-order valence-corrected chi connectivity index (χ4v) is 2.33. The maximum atomic E-state index is 11.2. The third-order valence-electron chi connectivity index (χ3n) is 3.50. The zero-order valence-corrected chi connectivity index (χ0v) is 15.1. The summed E-state index contributed by atoms with van der Waals surface area (Å²) in [6, 6.07) is -1.21. The summed E-state index contributed by atoms with van der Waals surface area (Å²) in [6.07, 6.45) is -7.03. The molecule has 1 saturated heterocycles. The van der Waals surface area contributed by atoms with Crippen molar-refractivity contribution < 1.29 is 74.2 Å². The van der Waals surface area contributed by atoms with Gasteiger partial charge in [-0.1, -0.05) is 0 Å². The van der Waals surface area contributed by atoms with Crippen LogP contribution in [0.1, 0.15) is 13.3 Å². The van der Waals surface area contributed by atoms with E-state index in [1.54, 1.807) is 0 Å². The molecule has 0 aromatic rings. The summed E-state index contributed by atoms with van der Waals surface area (Å²) in [7, 11) is 1.01. The third kappa shape index (κ3) is 5.08. The minimum Gasteiger partial charge on any atom is -0.544 e. The van der Waals surface area contributed by atoms with Crippen molar-refractivity contribution in [3.8, 4) is 0 Å². The van der Waals surface area contributed by atoms with E-state index >= 15 is 0 Å². The Morgan fingerprint density at radius 2 is 2.04 bits per heavy atom. The molecule has 1 rings (SSSR count). The molecular formula is C12H20NNaO9. The number of carbonyl (C=O) groups excluding carboxylic acids is 2. The van der Waals surface area contributed by atoms with E-state index in [1.165, 1.54) is 0 Å². The Bertz CT molecular complexity index is 423. The van der Waals surface area contributed by atoms with E-state index in [-0.39, 0.29) is 29.6 Å². The molecule has 5 N–H and O–H groups in total. The van der Waals surface area contributed by atoms with Crippen molar-refractivity contribution >= 4 is 11.9 Å². The van der Waals surface area contributed by atoms with Gasteiger partial charge in [-0.05, 0) is 0 Å². The molecule has 10 nitrogen and oxygen atoms in total. The molecule has 1 aliphatic heterocycles.